The molecule has 0 aromatic heterocycles. The summed E-state index contributed by atoms with van der Waals surface area (Å²) in [6, 6.07) is 4.71. The van der Waals surface area contributed by atoms with E-state index >= 15 is 0 Å². The zero-order chi connectivity index (χ0) is 15.1. The minimum absolute atomic E-state index is 0.384. The van der Waals surface area contributed by atoms with E-state index in [4.69, 9.17) is 14.2 Å². The van der Waals surface area contributed by atoms with Gasteiger partial charge >= 0.3 is 0 Å². The molecule has 1 unspecified atom stereocenters. The third-order valence-corrected chi connectivity index (χ3v) is 4.20. The molecule has 0 aliphatic carbocycles. The van der Waals surface area contributed by atoms with Crippen molar-refractivity contribution in [3.05, 3.63) is 27.7 Å². The average molecular weight is 358 g/mol. The topological polar surface area (TPSA) is 39.7 Å². The summed E-state index contributed by atoms with van der Waals surface area (Å²) in [5, 5.41) is 3.37. The molecule has 0 spiro atoms. The molecule has 1 aliphatic heterocycles. The molecule has 118 valence electrons. The SMILES string of the molecule is CNC(CCOCCOC)Cc1cc(Br)cc2c1OCC2. The molecule has 0 radical (unpaired) electrons. The lowest BCUT2D eigenvalue weighted by Gasteiger charge is -2.18. The number of hydrogen-bond donors (Lipinski definition) is 1. The number of methoxy groups -OCH3 is 1. The molecule has 1 aromatic carbocycles. The maximum atomic E-state index is 5.79. The van der Waals surface area contributed by atoms with Gasteiger partial charge in [0.25, 0.3) is 0 Å². The number of rotatable bonds is 9. The molecule has 0 fully saturated rings. The zero-order valence-corrected chi connectivity index (χ0v) is 14.4. The first-order chi connectivity index (χ1) is 10.2. The van der Waals surface area contributed by atoms with Crippen molar-refractivity contribution in [1.82, 2.24) is 5.32 Å². The first-order valence-electron chi connectivity index (χ1n) is 7.42. The van der Waals surface area contributed by atoms with Crippen LogP contribution < -0.4 is 10.1 Å². The van der Waals surface area contributed by atoms with Crippen molar-refractivity contribution in [2.75, 3.05) is 40.6 Å². The molecule has 2 rings (SSSR count). The third-order valence-electron chi connectivity index (χ3n) is 3.74. The Kier molecular flexibility index (Phi) is 6.96. The second kappa shape index (κ2) is 8.73. The largest absolute Gasteiger partial charge is 0.493 e. The van der Waals surface area contributed by atoms with Gasteiger partial charge in [-0.25, -0.2) is 0 Å². The van der Waals surface area contributed by atoms with Crippen LogP contribution in [0.25, 0.3) is 0 Å². The number of ether oxygens (including phenoxy) is 3. The van der Waals surface area contributed by atoms with Crippen LogP contribution >= 0.6 is 15.9 Å². The van der Waals surface area contributed by atoms with Crippen molar-refractivity contribution in [1.29, 1.82) is 0 Å². The van der Waals surface area contributed by atoms with Crippen molar-refractivity contribution < 1.29 is 14.2 Å². The van der Waals surface area contributed by atoms with Gasteiger partial charge in [0.2, 0.25) is 0 Å². The van der Waals surface area contributed by atoms with Gasteiger partial charge < -0.3 is 19.5 Å². The molecule has 1 aromatic rings. The van der Waals surface area contributed by atoms with Gasteiger partial charge in [-0.1, -0.05) is 15.9 Å². The highest BCUT2D eigenvalue weighted by Gasteiger charge is 2.19. The Morgan fingerprint density at radius 2 is 2.19 bits per heavy atom. The Balaban J connectivity index is 1.90. The maximum absolute atomic E-state index is 5.79. The highest BCUT2D eigenvalue weighted by molar-refractivity contribution is 9.10. The molecule has 21 heavy (non-hydrogen) atoms. The quantitative estimate of drug-likeness (QED) is 0.689. The predicted octanol–water partition coefficient (Wildman–Crippen LogP) is 2.57. The molecule has 4 nitrogen and oxygen atoms in total. The second-order valence-corrected chi connectivity index (χ2v) is 6.15. The van der Waals surface area contributed by atoms with E-state index in [9.17, 15) is 0 Å². The van der Waals surface area contributed by atoms with E-state index < -0.39 is 0 Å². The summed E-state index contributed by atoms with van der Waals surface area (Å²) in [4.78, 5) is 0. The maximum Gasteiger partial charge on any atom is 0.125 e. The smallest absolute Gasteiger partial charge is 0.125 e. The van der Waals surface area contributed by atoms with Crippen LogP contribution in [-0.4, -0.2) is 46.6 Å². The molecule has 0 saturated carbocycles. The van der Waals surface area contributed by atoms with Crippen molar-refractivity contribution in [2.24, 2.45) is 0 Å². The molecule has 1 aliphatic rings. The summed E-state index contributed by atoms with van der Waals surface area (Å²) in [6.45, 7) is 2.84. The molecular weight excluding hydrogens is 334 g/mol. The average Bonchev–Trinajstić information content (AvgIpc) is 2.93. The summed E-state index contributed by atoms with van der Waals surface area (Å²) in [6.07, 6.45) is 2.93. The lowest BCUT2D eigenvalue weighted by Crippen LogP contribution is -2.29. The van der Waals surface area contributed by atoms with Crippen LogP contribution in [0.4, 0.5) is 0 Å². The van der Waals surface area contributed by atoms with Crippen molar-refractivity contribution in [3.63, 3.8) is 0 Å². The first kappa shape index (κ1) is 16.7. The normalized spacial score (nSPS) is 14.8. The molecule has 0 saturated heterocycles. The van der Waals surface area contributed by atoms with Crippen LogP contribution in [0.1, 0.15) is 17.5 Å². The summed E-state index contributed by atoms with van der Waals surface area (Å²) in [5.74, 6) is 1.08. The standard InChI is InChI=1S/C16H24BrNO3/c1-18-15(4-5-20-8-7-19-2)11-13-10-14(17)9-12-3-6-21-16(12)13/h9-10,15,18H,3-8,11H2,1-2H3. The van der Waals surface area contributed by atoms with Crippen LogP contribution in [0, 0.1) is 0 Å². The van der Waals surface area contributed by atoms with Gasteiger partial charge in [0.05, 0.1) is 19.8 Å². The van der Waals surface area contributed by atoms with Crippen LogP contribution in [-0.2, 0) is 22.3 Å². The van der Waals surface area contributed by atoms with Crippen LogP contribution in [0.15, 0.2) is 16.6 Å². The predicted molar refractivity (Wildman–Crippen MR) is 87.2 cm³/mol. The van der Waals surface area contributed by atoms with Gasteiger partial charge in [0.1, 0.15) is 5.75 Å². The van der Waals surface area contributed by atoms with Gasteiger partial charge in [-0.2, -0.15) is 0 Å². The summed E-state index contributed by atoms with van der Waals surface area (Å²) >= 11 is 3.59. The van der Waals surface area contributed by atoms with Gasteiger partial charge in [0, 0.05) is 30.7 Å². The van der Waals surface area contributed by atoms with Crippen LogP contribution in [0.5, 0.6) is 5.75 Å². The van der Waals surface area contributed by atoms with E-state index in [-0.39, 0.29) is 0 Å². The minimum Gasteiger partial charge on any atom is -0.493 e. The number of fused-ring (bicyclic) bond motifs is 1. The second-order valence-electron chi connectivity index (χ2n) is 5.24. The highest BCUT2D eigenvalue weighted by atomic mass is 79.9. The number of halogens is 1. The number of likely N-dealkylation sites (N-methyl/N-ethyl adjacent to an activating group) is 1. The molecule has 1 N–H and O–H groups in total. The number of hydrogen-bond acceptors (Lipinski definition) is 4. The first-order valence-corrected chi connectivity index (χ1v) is 8.22. The van der Waals surface area contributed by atoms with E-state index in [1.807, 2.05) is 7.05 Å². The fourth-order valence-corrected chi connectivity index (χ4v) is 3.13. The highest BCUT2D eigenvalue weighted by Crippen LogP contribution is 2.33. The monoisotopic (exact) mass is 357 g/mol. The summed E-state index contributed by atoms with van der Waals surface area (Å²) in [5.41, 5.74) is 2.58. The Labute approximate surface area is 135 Å². The van der Waals surface area contributed by atoms with E-state index in [1.54, 1.807) is 7.11 Å². The molecule has 5 heteroatoms. The summed E-state index contributed by atoms with van der Waals surface area (Å²) < 4.78 is 17.5. The number of benzene rings is 1. The third kappa shape index (κ3) is 4.95. The molecule has 0 bridgehead atoms. The Bertz CT molecular complexity index is 453. The van der Waals surface area contributed by atoms with Crippen molar-refractivity contribution in [3.8, 4) is 5.75 Å². The van der Waals surface area contributed by atoms with Crippen LogP contribution in [0.2, 0.25) is 0 Å². The van der Waals surface area contributed by atoms with Gasteiger partial charge in [-0.05, 0) is 43.1 Å². The van der Waals surface area contributed by atoms with Gasteiger partial charge in [0.15, 0.2) is 0 Å². The van der Waals surface area contributed by atoms with E-state index in [2.05, 4.69) is 33.4 Å². The number of nitrogens with one attached hydrogen (secondary N) is 1. The summed E-state index contributed by atoms with van der Waals surface area (Å²) in [7, 11) is 3.69. The molecular formula is C16H24BrNO3. The Hall–Kier alpha value is -0.620. The zero-order valence-electron chi connectivity index (χ0n) is 12.8. The van der Waals surface area contributed by atoms with Crippen molar-refractivity contribution >= 4 is 15.9 Å². The van der Waals surface area contributed by atoms with Gasteiger partial charge in [-0.15, -0.1) is 0 Å². The van der Waals surface area contributed by atoms with E-state index in [1.165, 1.54) is 11.1 Å². The lowest BCUT2D eigenvalue weighted by molar-refractivity contribution is 0.0661. The van der Waals surface area contributed by atoms with E-state index in [0.29, 0.717) is 19.3 Å². The van der Waals surface area contributed by atoms with E-state index in [0.717, 1.165) is 42.7 Å². The molecule has 1 atom stereocenters. The molecule has 1 heterocycles. The fourth-order valence-electron chi connectivity index (χ4n) is 2.58. The Morgan fingerprint density at radius 3 is 2.95 bits per heavy atom. The fraction of sp³-hybridized carbons (Fsp3) is 0.625. The minimum atomic E-state index is 0.384. The lowest BCUT2D eigenvalue weighted by atomic mass is 10.00. The van der Waals surface area contributed by atoms with Gasteiger partial charge in [-0.3, -0.25) is 0 Å². The molecule has 0 amide bonds. The van der Waals surface area contributed by atoms with Crippen molar-refractivity contribution in [2.45, 2.75) is 25.3 Å². The Morgan fingerprint density at radius 1 is 1.33 bits per heavy atom. The van der Waals surface area contributed by atoms with Crippen LogP contribution in [0.3, 0.4) is 0 Å².